The standard InChI is InChI=1S/C16H21N7O5S/c1-9-8-11(10(14(17)24)5-7-28-22-16(18)19)13(15(25)21-9)23-29(26,27)12-4-2-3-6-20-12/h2-4,6,8,10,23H,5,7H2,1H3,(H2,17,24)(H,21,25)(H4,18,19,22). The molecule has 0 radical (unpaired) electrons. The Morgan fingerprint density at radius 2 is 2.07 bits per heavy atom. The van der Waals surface area contributed by atoms with Gasteiger partial charge in [0.15, 0.2) is 5.03 Å². The lowest BCUT2D eigenvalue weighted by Gasteiger charge is -2.18. The van der Waals surface area contributed by atoms with Gasteiger partial charge in [-0.2, -0.15) is 8.42 Å². The van der Waals surface area contributed by atoms with E-state index in [1.165, 1.54) is 24.4 Å². The number of hydrogen-bond donors (Lipinski definition) is 5. The van der Waals surface area contributed by atoms with Crippen molar-refractivity contribution in [2.24, 2.45) is 22.4 Å². The number of aryl methyl sites for hydroxylation is 1. The second-order valence-corrected chi connectivity index (χ2v) is 7.61. The highest BCUT2D eigenvalue weighted by atomic mass is 32.2. The molecule has 12 nitrogen and oxygen atoms in total. The number of carbonyl (C=O) groups excluding carboxylic acids is 1. The van der Waals surface area contributed by atoms with Gasteiger partial charge >= 0.3 is 0 Å². The summed E-state index contributed by atoms with van der Waals surface area (Å²) in [7, 11) is -4.19. The lowest BCUT2D eigenvalue weighted by Crippen LogP contribution is -2.29. The maximum Gasteiger partial charge on any atom is 0.279 e. The fourth-order valence-electron chi connectivity index (χ4n) is 2.53. The van der Waals surface area contributed by atoms with Crippen molar-refractivity contribution in [1.29, 1.82) is 0 Å². The van der Waals surface area contributed by atoms with Gasteiger partial charge in [-0.1, -0.05) is 6.07 Å². The summed E-state index contributed by atoms with van der Waals surface area (Å²) in [6, 6.07) is 5.74. The highest BCUT2D eigenvalue weighted by Gasteiger charge is 2.27. The second kappa shape index (κ2) is 9.05. The number of sulfonamides is 1. The third kappa shape index (κ3) is 5.68. The third-order valence-electron chi connectivity index (χ3n) is 3.73. The summed E-state index contributed by atoms with van der Waals surface area (Å²) in [6.45, 7) is 1.47. The third-order valence-corrected chi connectivity index (χ3v) is 5.00. The second-order valence-electron chi connectivity index (χ2n) is 5.98. The molecule has 0 aliphatic heterocycles. The molecule has 2 aromatic rings. The van der Waals surface area contributed by atoms with E-state index in [-0.39, 0.29) is 35.3 Å². The largest absolute Gasteiger partial charge is 0.393 e. The minimum atomic E-state index is -4.19. The van der Waals surface area contributed by atoms with Gasteiger partial charge in [-0.05, 0) is 42.3 Å². The van der Waals surface area contributed by atoms with Crippen molar-refractivity contribution in [3.05, 3.63) is 52.1 Å². The van der Waals surface area contributed by atoms with Gasteiger partial charge in [0.05, 0.1) is 5.92 Å². The molecule has 8 N–H and O–H groups in total. The van der Waals surface area contributed by atoms with Gasteiger partial charge in [0, 0.05) is 11.9 Å². The van der Waals surface area contributed by atoms with E-state index in [4.69, 9.17) is 22.0 Å². The van der Waals surface area contributed by atoms with Gasteiger partial charge in [0.25, 0.3) is 15.6 Å². The van der Waals surface area contributed by atoms with E-state index in [9.17, 15) is 18.0 Å². The number of primary amides is 1. The lowest BCUT2D eigenvalue weighted by atomic mass is 9.94. The Balaban J connectivity index is 2.44. The molecule has 156 valence electrons. The van der Waals surface area contributed by atoms with Crippen LogP contribution in [0.15, 0.2) is 45.4 Å². The molecule has 1 amide bonds. The number of aromatic amines is 1. The Kier molecular flexibility index (Phi) is 6.77. The van der Waals surface area contributed by atoms with Crippen LogP contribution in [-0.4, -0.2) is 36.9 Å². The van der Waals surface area contributed by atoms with Crippen molar-refractivity contribution >= 4 is 27.6 Å². The van der Waals surface area contributed by atoms with Crippen LogP contribution < -0.4 is 27.5 Å². The van der Waals surface area contributed by atoms with E-state index in [1.54, 1.807) is 13.0 Å². The van der Waals surface area contributed by atoms with E-state index >= 15 is 0 Å². The van der Waals surface area contributed by atoms with Crippen LogP contribution >= 0.6 is 0 Å². The van der Waals surface area contributed by atoms with Crippen molar-refractivity contribution in [3.63, 3.8) is 0 Å². The Labute approximate surface area is 166 Å². The van der Waals surface area contributed by atoms with Crippen LogP contribution in [0.2, 0.25) is 0 Å². The Morgan fingerprint density at radius 3 is 2.66 bits per heavy atom. The minimum Gasteiger partial charge on any atom is -0.393 e. The number of H-pyrrole nitrogens is 1. The van der Waals surface area contributed by atoms with Crippen molar-refractivity contribution < 1.29 is 18.0 Å². The molecule has 2 heterocycles. The fraction of sp³-hybridized carbons (Fsp3) is 0.250. The molecule has 0 saturated carbocycles. The summed E-state index contributed by atoms with van der Waals surface area (Å²) in [4.78, 5) is 35.6. The van der Waals surface area contributed by atoms with Gasteiger partial charge < -0.3 is 27.0 Å². The number of guanidine groups is 1. The topological polar surface area (TPSA) is 209 Å². The quantitative estimate of drug-likeness (QED) is 0.146. The van der Waals surface area contributed by atoms with Crippen molar-refractivity contribution in [1.82, 2.24) is 9.97 Å². The Morgan fingerprint density at radius 1 is 1.34 bits per heavy atom. The van der Waals surface area contributed by atoms with Crippen LogP contribution in [0, 0.1) is 6.92 Å². The highest BCUT2D eigenvalue weighted by molar-refractivity contribution is 7.92. The molecule has 0 aliphatic rings. The zero-order valence-corrected chi connectivity index (χ0v) is 16.3. The maximum absolute atomic E-state index is 12.6. The molecule has 1 unspecified atom stereocenters. The summed E-state index contributed by atoms with van der Waals surface area (Å²) >= 11 is 0. The highest BCUT2D eigenvalue weighted by Crippen LogP contribution is 2.27. The van der Waals surface area contributed by atoms with Crippen LogP contribution in [-0.2, 0) is 19.7 Å². The Hall–Kier alpha value is -3.61. The Bertz CT molecular complexity index is 1060. The fourth-order valence-corrected chi connectivity index (χ4v) is 3.57. The van der Waals surface area contributed by atoms with Gasteiger partial charge in [-0.25, -0.2) is 4.98 Å². The molecule has 1 atom stereocenters. The maximum atomic E-state index is 12.6. The molecule has 0 bridgehead atoms. The first-order valence-electron chi connectivity index (χ1n) is 8.29. The van der Waals surface area contributed by atoms with E-state index in [1.807, 2.05) is 0 Å². The first-order valence-corrected chi connectivity index (χ1v) is 9.78. The van der Waals surface area contributed by atoms with E-state index in [0.717, 1.165) is 0 Å². The number of rotatable bonds is 9. The van der Waals surface area contributed by atoms with E-state index in [2.05, 4.69) is 19.8 Å². The smallest absolute Gasteiger partial charge is 0.279 e. The molecule has 2 aromatic heterocycles. The van der Waals surface area contributed by atoms with Crippen molar-refractivity contribution in [2.45, 2.75) is 24.3 Å². The number of nitrogens with zero attached hydrogens (tertiary/aromatic N) is 2. The van der Waals surface area contributed by atoms with Gasteiger partial charge in [-0.15, -0.1) is 0 Å². The number of nitrogens with two attached hydrogens (primary N) is 3. The number of pyridine rings is 2. The molecule has 0 fully saturated rings. The normalized spacial score (nSPS) is 12.0. The molecule has 0 spiro atoms. The molecule has 2 rings (SSSR count). The summed E-state index contributed by atoms with van der Waals surface area (Å²) in [6.07, 6.45) is 1.29. The number of aromatic nitrogens is 2. The molecular weight excluding hydrogens is 402 g/mol. The average Bonchev–Trinajstić information content (AvgIpc) is 2.64. The first-order chi connectivity index (χ1) is 13.6. The predicted molar refractivity (Wildman–Crippen MR) is 105 cm³/mol. The SMILES string of the molecule is Cc1cc(C(CCON=C(N)N)C(N)=O)c(NS(=O)(=O)c2ccccn2)c(=O)[nH]1. The number of oxime groups is 1. The number of anilines is 1. The van der Waals surface area contributed by atoms with Crippen LogP contribution in [0.1, 0.15) is 23.6 Å². The van der Waals surface area contributed by atoms with Crippen LogP contribution in [0.3, 0.4) is 0 Å². The molecule has 29 heavy (non-hydrogen) atoms. The van der Waals surface area contributed by atoms with Gasteiger partial charge in [-0.3, -0.25) is 14.3 Å². The molecule has 13 heteroatoms. The van der Waals surface area contributed by atoms with Crippen LogP contribution in [0.25, 0.3) is 0 Å². The van der Waals surface area contributed by atoms with Crippen LogP contribution in [0.5, 0.6) is 0 Å². The number of carbonyl (C=O) groups is 1. The average molecular weight is 423 g/mol. The zero-order chi connectivity index (χ0) is 21.6. The number of nitrogens with one attached hydrogen (secondary N) is 2. The number of hydrogen-bond acceptors (Lipinski definition) is 7. The summed E-state index contributed by atoms with van der Waals surface area (Å²) in [5.41, 5.74) is 15.2. The summed E-state index contributed by atoms with van der Waals surface area (Å²) in [5.74, 6) is -2.15. The zero-order valence-electron chi connectivity index (χ0n) is 15.5. The van der Waals surface area contributed by atoms with Gasteiger partial charge in [0.2, 0.25) is 11.9 Å². The van der Waals surface area contributed by atoms with E-state index < -0.39 is 27.4 Å². The minimum absolute atomic E-state index is 0.00663. The lowest BCUT2D eigenvalue weighted by molar-refractivity contribution is -0.119. The van der Waals surface area contributed by atoms with E-state index in [0.29, 0.717) is 5.69 Å². The summed E-state index contributed by atoms with van der Waals surface area (Å²) < 4.78 is 27.4. The predicted octanol–water partition coefficient (Wildman–Crippen LogP) is -0.957. The number of amides is 1. The first kappa shape index (κ1) is 21.7. The van der Waals surface area contributed by atoms with Crippen molar-refractivity contribution in [3.8, 4) is 0 Å². The van der Waals surface area contributed by atoms with Crippen molar-refractivity contribution in [2.75, 3.05) is 11.3 Å². The molecule has 0 aliphatic carbocycles. The summed E-state index contributed by atoms with van der Waals surface area (Å²) in [5, 5.41) is 3.04. The molecular formula is C16H21N7O5S. The molecule has 0 aromatic carbocycles. The van der Waals surface area contributed by atoms with Gasteiger partial charge in [0.1, 0.15) is 12.3 Å². The van der Waals surface area contributed by atoms with Crippen LogP contribution in [0.4, 0.5) is 5.69 Å². The molecule has 0 saturated heterocycles. The monoisotopic (exact) mass is 423 g/mol.